The van der Waals surface area contributed by atoms with Gasteiger partial charge in [-0.1, -0.05) is 6.58 Å². The van der Waals surface area contributed by atoms with Crippen molar-refractivity contribution in [3.63, 3.8) is 0 Å². The first-order chi connectivity index (χ1) is 11.8. The standard InChI is InChI=1S/C13H13F11O3/c1-2-8(26)27-6-7(25)4-3-5-9(14,15)11(17,18)10(16,12(19,20)21)13(22,23)24/h2,7,25H,1,3-6H2. The number of hydrogen-bond acceptors (Lipinski definition) is 3. The third-order valence-electron chi connectivity index (χ3n) is 3.29. The Labute approximate surface area is 144 Å². The Hall–Kier alpha value is -1.60. The van der Waals surface area contributed by atoms with Gasteiger partial charge in [0.05, 0.1) is 6.10 Å². The van der Waals surface area contributed by atoms with Gasteiger partial charge in [-0.3, -0.25) is 0 Å². The molecule has 160 valence electrons. The third kappa shape index (κ3) is 5.23. The van der Waals surface area contributed by atoms with Gasteiger partial charge in [-0.25, -0.2) is 9.18 Å². The maximum absolute atomic E-state index is 13.4. The van der Waals surface area contributed by atoms with Crippen LogP contribution in [-0.2, 0) is 9.53 Å². The van der Waals surface area contributed by atoms with Crippen molar-refractivity contribution in [3.05, 3.63) is 12.7 Å². The molecule has 1 atom stereocenters. The van der Waals surface area contributed by atoms with Gasteiger partial charge in [0.2, 0.25) is 0 Å². The van der Waals surface area contributed by atoms with Gasteiger partial charge in [0.25, 0.3) is 0 Å². The summed E-state index contributed by atoms with van der Waals surface area (Å²) in [6, 6.07) is 0. The van der Waals surface area contributed by atoms with Crippen LogP contribution in [-0.4, -0.2) is 53.7 Å². The van der Waals surface area contributed by atoms with E-state index in [9.17, 15) is 58.2 Å². The second-order valence-corrected chi connectivity index (χ2v) is 5.31. The molecule has 0 saturated heterocycles. The van der Waals surface area contributed by atoms with Gasteiger partial charge >= 0.3 is 35.8 Å². The van der Waals surface area contributed by atoms with E-state index >= 15 is 0 Å². The van der Waals surface area contributed by atoms with E-state index in [1.165, 1.54) is 0 Å². The molecular formula is C13H13F11O3. The molecule has 0 spiro atoms. The summed E-state index contributed by atoms with van der Waals surface area (Å²) >= 11 is 0. The van der Waals surface area contributed by atoms with Crippen molar-refractivity contribution in [2.45, 2.75) is 55.2 Å². The van der Waals surface area contributed by atoms with Gasteiger partial charge in [0, 0.05) is 12.5 Å². The van der Waals surface area contributed by atoms with Crippen molar-refractivity contribution in [1.29, 1.82) is 0 Å². The Kier molecular flexibility index (Phi) is 7.70. The van der Waals surface area contributed by atoms with Crippen LogP contribution in [0.3, 0.4) is 0 Å². The van der Waals surface area contributed by atoms with Crippen LogP contribution in [0.15, 0.2) is 12.7 Å². The van der Waals surface area contributed by atoms with Gasteiger partial charge in [-0.2, -0.15) is 43.9 Å². The summed E-state index contributed by atoms with van der Waals surface area (Å²) in [5.74, 6) is -14.3. The Bertz CT molecular complexity index is 511. The van der Waals surface area contributed by atoms with Crippen LogP contribution in [0.4, 0.5) is 48.3 Å². The number of aliphatic hydroxyl groups is 1. The predicted octanol–water partition coefficient (Wildman–Crippen LogP) is 4.35. The minimum absolute atomic E-state index is 0.649. The maximum atomic E-state index is 13.4. The minimum atomic E-state index is -7.49. The highest BCUT2D eigenvalue weighted by Crippen LogP contribution is 2.59. The Morgan fingerprint density at radius 2 is 1.41 bits per heavy atom. The van der Waals surface area contributed by atoms with Crippen LogP contribution in [0.25, 0.3) is 0 Å². The average molecular weight is 426 g/mol. The Morgan fingerprint density at radius 1 is 0.963 bits per heavy atom. The highest BCUT2D eigenvalue weighted by Gasteiger charge is 2.89. The van der Waals surface area contributed by atoms with E-state index in [1.807, 2.05) is 0 Å². The number of esters is 1. The quantitative estimate of drug-likeness (QED) is 0.339. The lowest BCUT2D eigenvalue weighted by molar-refractivity contribution is -0.427. The fraction of sp³-hybridized carbons (Fsp3) is 0.769. The molecule has 3 nitrogen and oxygen atoms in total. The van der Waals surface area contributed by atoms with Crippen LogP contribution in [0.2, 0.25) is 0 Å². The fourth-order valence-corrected chi connectivity index (χ4v) is 1.81. The lowest BCUT2D eigenvalue weighted by Gasteiger charge is -2.39. The van der Waals surface area contributed by atoms with Gasteiger partial charge in [-0.05, 0) is 12.8 Å². The number of carbonyl (C=O) groups is 1. The molecule has 0 heterocycles. The van der Waals surface area contributed by atoms with Crippen LogP contribution < -0.4 is 0 Å². The molecule has 0 aliphatic heterocycles. The van der Waals surface area contributed by atoms with Crippen molar-refractivity contribution in [3.8, 4) is 0 Å². The highest BCUT2D eigenvalue weighted by atomic mass is 19.4. The maximum Gasteiger partial charge on any atom is 0.438 e. The van der Waals surface area contributed by atoms with E-state index in [4.69, 9.17) is 0 Å². The molecule has 14 heteroatoms. The van der Waals surface area contributed by atoms with Crippen LogP contribution in [0.1, 0.15) is 19.3 Å². The van der Waals surface area contributed by atoms with E-state index in [1.54, 1.807) is 0 Å². The first-order valence-corrected chi connectivity index (χ1v) is 6.90. The van der Waals surface area contributed by atoms with Crippen molar-refractivity contribution in [2.75, 3.05) is 6.61 Å². The van der Waals surface area contributed by atoms with Gasteiger partial charge in [0.1, 0.15) is 6.61 Å². The molecule has 0 aliphatic rings. The van der Waals surface area contributed by atoms with Gasteiger partial charge < -0.3 is 9.84 Å². The molecule has 0 aliphatic carbocycles. The van der Waals surface area contributed by atoms with E-state index in [2.05, 4.69) is 11.3 Å². The first-order valence-electron chi connectivity index (χ1n) is 6.90. The zero-order chi connectivity index (χ0) is 21.9. The Balaban J connectivity index is 5.26. The average Bonchev–Trinajstić information content (AvgIpc) is 2.48. The molecule has 0 amide bonds. The summed E-state index contributed by atoms with van der Waals surface area (Å²) in [7, 11) is 0. The van der Waals surface area contributed by atoms with Crippen molar-refractivity contribution in [1.82, 2.24) is 0 Å². The SMILES string of the molecule is C=CC(=O)OCC(O)CCCC(F)(F)C(F)(F)C(F)(C(F)(F)F)C(F)(F)F. The second kappa shape index (κ2) is 8.19. The Morgan fingerprint density at radius 3 is 1.78 bits per heavy atom. The second-order valence-electron chi connectivity index (χ2n) is 5.31. The normalized spacial score (nSPS) is 15.4. The summed E-state index contributed by atoms with van der Waals surface area (Å²) < 4.78 is 145. The lowest BCUT2D eigenvalue weighted by Crippen LogP contribution is -2.70. The molecule has 0 aromatic heterocycles. The van der Waals surface area contributed by atoms with Gasteiger partial charge in [-0.15, -0.1) is 0 Å². The summed E-state index contributed by atoms with van der Waals surface area (Å²) in [5.41, 5.74) is -7.49. The number of aliphatic hydroxyl groups excluding tert-OH is 1. The summed E-state index contributed by atoms with van der Waals surface area (Å²) in [5, 5.41) is 9.23. The zero-order valence-electron chi connectivity index (χ0n) is 13.1. The monoisotopic (exact) mass is 426 g/mol. The number of halogens is 11. The summed E-state index contributed by atoms with van der Waals surface area (Å²) in [6.07, 6.45) is -20.3. The van der Waals surface area contributed by atoms with E-state index in [0.29, 0.717) is 6.08 Å². The van der Waals surface area contributed by atoms with E-state index < -0.39 is 67.8 Å². The zero-order valence-corrected chi connectivity index (χ0v) is 13.1. The van der Waals surface area contributed by atoms with Crippen molar-refractivity contribution < 1.29 is 62.9 Å². The molecule has 0 rings (SSSR count). The molecule has 27 heavy (non-hydrogen) atoms. The van der Waals surface area contributed by atoms with E-state index in [-0.39, 0.29) is 0 Å². The molecule has 1 N–H and O–H groups in total. The molecule has 0 bridgehead atoms. The molecule has 0 aromatic rings. The fourth-order valence-electron chi connectivity index (χ4n) is 1.81. The minimum Gasteiger partial charge on any atom is -0.460 e. The first kappa shape index (κ1) is 25.4. The molecule has 1 unspecified atom stereocenters. The number of rotatable bonds is 9. The smallest absolute Gasteiger partial charge is 0.438 e. The highest BCUT2D eigenvalue weighted by molar-refractivity contribution is 5.81. The molecule has 0 saturated carbocycles. The van der Waals surface area contributed by atoms with Crippen LogP contribution in [0, 0.1) is 0 Å². The van der Waals surface area contributed by atoms with Crippen LogP contribution in [0.5, 0.6) is 0 Å². The third-order valence-corrected chi connectivity index (χ3v) is 3.29. The number of ether oxygens (including phenoxy) is 1. The largest absolute Gasteiger partial charge is 0.460 e. The summed E-state index contributed by atoms with van der Waals surface area (Å²) in [4.78, 5) is 10.7. The number of alkyl halides is 11. The summed E-state index contributed by atoms with van der Waals surface area (Å²) in [6.45, 7) is 2.14. The van der Waals surface area contributed by atoms with Crippen LogP contribution >= 0.6 is 0 Å². The molecular weight excluding hydrogens is 413 g/mol. The van der Waals surface area contributed by atoms with Crippen molar-refractivity contribution in [2.24, 2.45) is 0 Å². The van der Waals surface area contributed by atoms with E-state index in [0.717, 1.165) is 0 Å². The topological polar surface area (TPSA) is 46.5 Å². The molecule has 0 aromatic carbocycles. The number of hydrogen-bond donors (Lipinski definition) is 1. The molecule has 0 fully saturated rings. The predicted molar refractivity (Wildman–Crippen MR) is 66.9 cm³/mol. The van der Waals surface area contributed by atoms with Gasteiger partial charge in [0.15, 0.2) is 0 Å². The number of carbonyl (C=O) groups excluding carboxylic acids is 1. The molecule has 0 radical (unpaired) electrons. The lowest BCUT2D eigenvalue weighted by atomic mass is 9.88. The van der Waals surface area contributed by atoms with Crippen molar-refractivity contribution >= 4 is 5.97 Å².